The maximum absolute atomic E-state index is 13.4. The molecule has 0 aromatic heterocycles. The first-order valence-corrected chi connectivity index (χ1v) is 6.78. The minimum atomic E-state index is -1.03. The van der Waals surface area contributed by atoms with E-state index in [0.29, 0.717) is 11.5 Å². The van der Waals surface area contributed by atoms with E-state index >= 15 is 0 Å². The molecule has 102 valence electrons. The SMILES string of the molecule is O=C(O)c1ccc(F)cc1-c1cccc(C2CCC2)c1. The maximum atomic E-state index is 13.4. The zero-order valence-electron chi connectivity index (χ0n) is 11.0. The predicted octanol–water partition coefficient (Wildman–Crippen LogP) is 4.46. The standard InChI is InChI=1S/C17H15FO2/c18-14-7-8-15(17(19)20)16(10-14)13-6-2-5-12(9-13)11-3-1-4-11/h2,5-11H,1,3-4H2,(H,19,20). The number of rotatable bonds is 3. The Hall–Kier alpha value is -2.16. The van der Waals surface area contributed by atoms with Crippen LogP contribution < -0.4 is 0 Å². The minimum absolute atomic E-state index is 0.136. The van der Waals surface area contributed by atoms with Crippen LogP contribution in [0.3, 0.4) is 0 Å². The molecule has 0 saturated heterocycles. The van der Waals surface area contributed by atoms with Gasteiger partial charge in [-0.2, -0.15) is 0 Å². The van der Waals surface area contributed by atoms with Crippen molar-refractivity contribution in [2.45, 2.75) is 25.2 Å². The van der Waals surface area contributed by atoms with Crippen LogP contribution >= 0.6 is 0 Å². The van der Waals surface area contributed by atoms with Gasteiger partial charge in [0.25, 0.3) is 0 Å². The molecule has 1 aliphatic rings. The quantitative estimate of drug-likeness (QED) is 0.894. The van der Waals surface area contributed by atoms with Gasteiger partial charge in [0.05, 0.1) is 5.56 Å². The van der Waals surface area contributed by atoms with E-state index in [2.05, 4.69) is 6.07 Å². The van der Waals surface area contributed by atoms with E-state index in [1.165, 1.54) is 43.0 Å². The summed E-state index contributed by atoms with van der Waals surface area (Å²) in [4.78, 5) is 11.3. The number of carboxylic acid groups (broad SMARTS) is 1. The molecule has 0 radical (unpaired) electrons. The van der Waals surface area contributed by atoms with Gasteiger partial charge < -0.3 is 5.11 Å². The van der Waals surface area contributed by atoms with Gasteiger partial charge in [0.15, 0.2) is 0 Å². The first kappa shape index (κ1) is 12.9. The Morgan fingerprint density at radius 3 is 2.60 bits per heavy atom. The second-order valence-electron chi connectivity index (χ2n) is 5.25. The van der Waals surface area contributed by atoms with Crippen LogP contribution in [0.2, 0.25) is 0 Å². The van der Waals surface area contributed by atoms with E-state index in [9.17, 15) is 14.3 Å². The Bertz CT molecular complexity index is 660. The summed E-state index contributed by atoms with van der Waals surface area (Å²) < 4.78 is 13.4. The third-order valence-electron chi connectivity index (χ3n) is 3.99. The fourth-order valence-corrected chi connectivity index (χ4v) is 2.64. The Morgan fingerprint density at radius 2 is 1.95 bits per heavy atom. The van der Waals surface area contributed by atoms with E-state index in [1.807, 2.05) is 18.2 Å². The largest absolute Gasteiger partial charge is 0.478 e. The molecule has 2 aromatic carbocycles. The van der Waals surface area contributed by atoms with Gasteiger partial charge in [0, 0.05) is 0 Å². The average Bonchev–Trinajstić information content (AvgIpc) is 2.36. The highest BCUT2D eigenvalue weighted by Crippen LogP contribution is 2.38. The first-order valence-electron chi connectivity index (χ1n) is 6.78. The highest BCUT2D eigenvalue weighted by Gasteiger charge is 2.20. The molecule has 20 heavy (non-hydrogen) atoms. The molecule has 1 aliphatic carbocycles. The molecule has 0 amide bonds. The number of carbonyl (C=O) groups is 1. The van der Waals surface area contributed by atoms with Crippen LogP contribution in [0.5, 0.6) is 0 Å². The number of carboxylic acids is 1. The number of benzene rings is 2. The van der Waals surface area contributed by atoms with Crippen molar-refractivity contribution >= 4 is 5.97 Å². The van der Waals surface area contributed by atoms with Crippen molar-refractivity contribution in [2.24, 2.45) is 0 Å². The summed E-state index contributed by atoms with van der Waals surface area (Å²) in [6.07, 6.45) is 3.60. The second kappa shape index (κ2) is 5.08. The highest BCUT2D eigenvalue weighted by atomic mass is 19.1. The van der Waals surface area contributed by atoms with Crippen LogP contribution in [-0.4, -0.2) is 11.1 Å². The summed E-state index contributed by atoms with van der Waals surface area (Å²) in [5, 5.41) is 9.23. The average molecular weight is 270 g/mol. The Balaban J connectivity index is 2.08. The zero-order valence-corrected chi connectivity index (χ0v) is 11.0. The van der Waals surface area contributed by atoms with Crippen LogP contribution in [-0.2, 0) is 0 Å². The molecule has 1 fully saturated rings. The molecular formula is C17H15FO2. The van der Waals surface area contributed by atoms with Crippen LogP contribution in [0.15, 0.2) is 42.5 Å². The van der Waals surface area contributed by atoms with Crippen molar-refractivity contribution in [1.82, 2.24) is 0 Å². The summed E-state index contributed by atoms with van der Waals surface area (Å²) in [7, 11) is 0. The molecule has 2 aromatic rings. The number of hydrogen-bond acceptors (Lipinski definition) is 1. The predicted molar refractivity (Wildman–Crippen MR) is 75.4 cm³/mol. The van der Waals surface area contributed by atoms with Crippen LogP contribution in [0, 0.1) is 5.82 Å². The smallest absolute Gasteiger partial charge is 0.336 e. The molecule has 3 heteroatoms. The van der Waals surface area contributed by atoms with E-state index in [0.717, 1.165) is 5.56 Å². The molecular weight excluding hydrogens is 255 g/mol. The lowest BCUT2D eigenvalue weighted by atomic mass is 9.79. The Labute approximate surface area is 116 Å². The Kier molecular flexibility index (Phi) is 3.26. The van der Waals surface area contributed by atoms with Gasteiger partial charge in [-0.25, -0.2) is 9.18 Å². The summed E-state index contributed by atoms with van der Waals surface area (Å²) in [6.45, 7) is 0. The zero-order chi connectivity index (χ0) is 14.1. The van der Waals surface area contributed by atoms with Gasteiger partial charge in [-0.05, 0) is 53.6 Å². The fourth-order valence-electron chi connectivity index (χ4n) is 2.64. The number of hydrogen-bond donors (Lipinski definition) is 1. The molecule has 0 bridgehead atoms. The first-order chi connectivity index (χ1) is 9.65. The van der Waals surface area contributed by atoms with E-state index in [1.54, 1.807) is 0 Å². The van der Waals surface area contributed by atoms with Crippen LogP contribution in [0.4, 0.5) is 4.39 Å². The summed E-state index contributed by atoms with van der Waals surface area (Å²) in [5.41, 5.74) is 2.57. The summed E-state index contributed by atoms with van der Waals surface area (Å²) in [5.74, 6) is -0.884. The molecule has 0 aliphatic heterocycles. The van der Waals surface area contributed by atoms with Gasteiger partial charge in [0.1, 0.15) is 5.82 Å². The molecule has 1 N–H and O–H groups in total. The van der Waals surface area contributed by atoms with Gasteiger partial charge in [-0.15, -0.1) is 0 Å². The van der Waals surface area contributed by atoms with Gasteiger partial charge in [-0.1, -0.05) is 30.7 Å². The maximum Gasteiger partial charge on any atom is 0.336 e. The summed E-state index contributed by atoms with van der Waals surface area (Å²) in [6, 6.07) is 11.6. The van der Waals surface area contributed by atoms with Gasteiger partial charge in [0.2, 0.25) is 0 Å². The summed E-state index contributed by atoms with van der Waals surface area (Å²) >= 11 is 0. The molecule has 0 spiro atoms. The molecule has 3 rings (SSSR count). The normalized spacial score (nSPS) is 14.8. The van der Waals surface area contributed by atoms with Gasteiger partial charge in [-0.3, -0.25) is 0 Å². The molecule has 0 unspecified atom stereocenters. The lowest BCUT2D eigenvalue weighted by Gasteiger charge is -2.26. The Morgan fingerprint density at radius 1 is 1.15 bits per heavy atom. The van der Waals surface area contributed by atoms with Gasteiger partial charge >= 0.3 is 5.97 Å². The number of aromatic carboxylic acids is 1. The van der Waals surface area contributed by atoms with Crippen molar-refractivity contribution in [3.63, 3.8) is 0 Å². The fraction of sp³-hybridized carbons (Fsp3) is 0.235. The van der Waals surface area contributed by atoms with E-state index < -0.39 is 11.8 Å². The third-order valence-corrected chi connectivity index (χ3v) is 3.99. The lowest BCUT2D eigenvalue weighted by Crippen LogP contribution is -2.08. The van der Waals surface area contributed by atoms with E-state index in [-0.39, 0.29) is 5.56 Å². The molecule has 0 atom stereocenters. The monoisotopic (exact) mass is 270 g/mol. The van der Waals surface area contributed by atoms with Crippen molar-refractivity contribution < 1.29 is 14.3 Å². The van der Waals surface area contributed by atoms with Crippen molar-refractivity contribution in [3.05, 3.63) is 59.4 Å². The molecule has 1 saturated carbocycles. The molecule has 0 heterocycles. The number of halogens is 1. The van der Waals surface area contributed by atoms with Crippen molar-refractivity contribution in [3.8, 4) is 11.1 Å². The minimum Gasteiger partial charge on any atom is -0.478 e. The van der Waals surface area contributed by atoms with Crippen molar-refractivity contribution in [2.75, 3.05) is 0 Å². The highest BCUT2D eigenvalue weighted by molar-refractivity contribution is 5.96. The van der Waals surface area contributed by atoms with E-state index in [4.69, 9.17) is 0 Å². The van der Waals surface area contributed by atoms with Crippen molar-refractivity contribution in [1.29, 1.82) is 0 Å². The second-order valence-corrected chi connectivity index (χ2v) is 5.25. The van der Waals surface area contributed by atoms with Crippen LogP contribution in [0.1, 0.15) is 41.1 Å². The topological polar surface area (TPSA) is 37.3 Å². The third kappa shape index (κ3) is 2.31. The lowest BCUT2D eigenvalue weighted by molar-refractivity contribution is 0.0697. The molecule has 2 nitrogen and oxygen atoms in total. The van der Waals surface area contributed by atoms with Crippen LogP contribution in [0.25, 0.3) is 11.1 Å².